The van der Waals surface area contributed by atoms with Crippen LogP contribution in [0.5, 0.6) is 0 Å². The molecular formula is C19H20N2O2. The Hall–Kier alpha value is -2.62. The predicted molar refractivity (Wildman–Crippen MR) is 91.4 cm³/mol. The number of para-hydroxylation sites is 1. The number of aryl methyl sites for hydroxylation is 2. The first-order valence-corrected chi connectivity index (χ1v) is 7.78. The molecule has 0 saturated carbocycles. The molecule has 1 aliphatic rings. The fraction of sp³-hybridized carbons (Fsp3) is 0.263. The maximum Gasteiger partial charge on any atom is 0.229 e. The third-order valence-electron chi connectivity index (χ3n) is 4.34. The summed E-state index contributed by atoms with van der Waals surface area (Å²) in [6.07, 6.45) is 0.256. The van der Waals surface area contributed by atoms with Gasteiger partial charge in [-0.2, -0.15) is 0 Å². The summed E-state index contributed by atoms with van der Waals surface area (Å²) in [7, 11) is 0. The van der Waals surface area contributed by atoms with Gasteiger partial charge in [0.1, 0.15) is 0 Å². The molecule has 1 saturated heterocycles. The van der Waals surface area contributed by atoms with Crippen LogP contribution in [0.15, 0.2) is 48.5 Å². The maximum atomic E-state index is 12.4. The van der Waals surface area contributed by atoms with Crippen molar-refractivity contribution in [1.82, 2.24) is 0 Å². The molecule has 2 aromatic rings. The van der Waals surface area contributed by atoms with Crippen molar-refractivity contribution in [2.45, 2.75) is 20.3 Å². The van der Waals surface area contributed by atoms with Crippen LogP contribution in [0.2, 0.25) is 0 Å². The Bertz CT molecular complexity index is 740. The van der Waals surface area contributed by atoms with Gasteiger partial charge in [0.15, 0.2) is 0 Å². The second-order valence-electron chi connectivity index (χ2n) is 6.03. The second-order valence-corrected chi connectivity index (χ2v) is 6.03. The van der Waals surface area contributed by atoms with E-state index in [0.717, 1.165) is 16.9 Å². The van der Waals surface area contributed by atoms with Crippen LogP contribution in [-0.2, 0) is 9.59 Å². The SMILES string of the molecule is Cc1ccc(N2C[C@H](C(=O)Nc3ccccc3)CC2=O)cc1C. The number of nitrogens with one attached hydrogen (secondary N) is 1. The van der Waals surface area contributed by atoms with Crippen LogP contribution in [0.1, 0.15) is 17.5 Å². The van der Waals surface area contributed by atoms with Crippen LogP contribution in [0.25, 0.3) is 0 Å². The van der Waals surface area contributed by atoms with Crippen molar-refractivity contribution >= 4 is 23.2 Å². The lowest BCUT2D eigenvalue weighted by atomic mass is 10.1. The summed E-state index contributed by atoms with van der Waals surface area (Å²) in [4.78, 5) is 26.4. The third kappa shape index (κ3) is 3.26. The van der Waals surface area contributed by atoms with E-state index < -0.39 is 0 Å². The van der Waals surface area contributed by atoms with Gasteiger partial charge in [0.2, 0.25) is 11.8 Å². The Balaban J connectivity index is 1.71. The van der Waals surface area contributed by atoms with Gasteiger partial charge in [0.25, 0.3) is 0 Å². The van der Waals surface area contributed by atoms with Crippen molar-refractivity contribution in [3.05, 3.63) is 59.7 Å². The van der Waals surface area contributed by atoms with Crippen molar-refractivity contribution in [2.75, 3.05) is 16.8 Å². The molecule has 1 aliphatic heterocycles. The highest BCUT2D eigenvalue weighted by atomic mass is 16.2. The van der Waals surface area contributed by atoms with E-state index in [-0.39, 0.29) is 24.2 Å². The zero-order chi connectivity index (χ0) is 16.4. The average Bonchev–Trinajstić information content (AvgIpc) is 2.93. The van der Waals surface area contributed by atoms with Crippen molar-refractivity contribution < 1.29 is 9.59 Å². The molecule has 2 amide bonds. The molecule has 4 nitrogen and oxygen atoms in total. The van der Waals surface area contributed by atoms with Gasteiger partial charge in [-0.25, -0.2) is 0 Å². The second kappa shape index (κ2) is 6.24. The molecule has 4 heteroatoms. The summed E-state index contributed by atoms with van der Waals surface area (Å²) in [5.41, 5.74) is 3.97. The quantitative estimate of drug-likeness (QED) is 0.946. The largest absolute Gasteiger partial charge is 0.326 e. The van der Waals surface area contributed by atoms with Crippen LogP contribution in [0, 0.1) is 19.8 Å². The molecule has 1 fully saturated rings. The number of rotatable bonds is 3. The van der Waals surface area contributed by atoms with Gasteiger partial charge in [-0.1, -0.05) is 24.3 Å². The molecule has 0 spiro atoms. The number of nitrogens with zero attached hydrogens (tertiary/aromatic N) is 1. The lowest BCUT2D eigenvalue weighted by molar-refractivity contribution is -0.122. The van der Waals surface area contributed by atoms with Gasteiger partial charge in [-0.05, 0) is 49.2 Å². The minimum atomic E-state index is -0.315. The zero-order valence-electron chi connectivity index (χ0n) is 13.4. The number of hydrogen-bond acceptors (Lipinski definition) is 2. The summed E-state index contributed by atoms with van der Waals surface area (Å²) in [6, 6.07) is 15.3. The van der Waals surface area contributed by atoms with Gasteiger partial charge >= 0.3 is 0 Å². The summed E-state index contributed by atoms with van der Waals surface area (Å²) in [5, 5.41) is 2.88. The summed E-state index contributed by atoms with van der Waals surface area (Å²) < 4.78 is 0. The summed E-state index contributed by atoms with van der Waals surface area (Å²) in [5.74, 6) is -0.415. The van der Waals surface area contributed by atoms with E-state index in [1.165, 1.54) is 5.56 Å². The summed E-state index contributed by atoms with van der Waals surface area (Å²) >= 11 is 0. The molecule has 0 unspecified atom stereocenters. The Kier molecular flexibility index (Phi) is 4.15. The van der Waals surface area contributed by atoms with Crippen molar-refractivity contribution in [3.8, 4) is 0 Å². The minimum absolute atomic E-state index is 0.00136. The number of carbonyl (C=O) groups excluding carboxylic acids is 2. The van der Waals surface area contributed by atoms with Crippen molar-refractivity contribution in [3.63, 3.8) is 0 Å². The van der Waals surface area contributed by atoms with E-state index in [1.54, 1.807) is 4.90 Å². The molecule has 1 atom stereocenters. The van der Waals surface area contributed by atoms with Crippen LogP contribution >= 0.6 is 0 Å². The highest BCUT2D eigenvalue weighted by Crippen LogP contribution is 2.27. The first kappa shape index (κ1) is 15.3. The molecule has 118 valence electrons. The monoisotopic (exact) mass is 308 g/mol. The summed E-state index contributed by atoms with van der Waals surface area (Å²) in [6.45, 7) is 4.50. The van der Waals surface area contributed by atoms with Gasteiger partial charge in [-0.3, -0.25) is 9.59 Å². The third-order valence-corrected chi connectivity index (χ3v) is 4.34. The molecule has 0 radical (unpaired) electrons. The Morgan fingerprint density at radius 1 is 1.09 bits per heavy atom. The fourth-order valence-corrected chi connectivity index (χ4v) is 2.79. The molecule has 23 heavy (non-hydrogen) atoms. The van der Waals surface area contributed by atoms with Crippen LogP contribution < -0.4 is 10.2 Å². The average molecular weight is 308 g/mol. The highest BCUT2D eigenvalue weighted by molar-refractivity contribution is 6.03. The minimum Gasteiger partial charge on any atom is -0.326 e. The highest BCUT2D eigenvalue weighted by Gasteiger charge is 2.35. The van der Waals surface area contributed by atoms with Gasteiger partial charge in [0, 0.05) is 24.3 Å². The van der Waals surface area contributed by atoms with Gasteiger partial charge < -0.3 is 10.2 Å². The molecule has 0 aliphatic carbocycles. The van der Waals surface area contributed by atoms with Crippen molar-refractivity contribution in [2.24, 2.45) is 5.92 Å². The molecule has 2 aromatic carbocycles. The lowest BCUT2D eigenvalue weighted by Gasteiger charge is -2.18. The fourth-order valence-electron chi connectivity index (χ4n) is 2.79. The first-order chi connectivity index (χ1) is 11.0. The Morgan fingerprint density at radius 3 is 2.52 bits per heavy atom. The van der Waals surface area contributed by atoms with Crippen molar-refractivity contribution in [1.29, 1.82) is 0 Å². The van der Waals surface area contributed by atoms with E-state index in [0.29, 0.717) is 6.54 Å². The number of hydrogen-bond donors (Lipinski definition) is 1. The predicted octanol–water partition coefficient (Wildman–Crippen LogP) is 3.30. The number of benzene rings is 2. The van der Waals surface area contributed by atoms with E-state index in [9.17, 15) is 9.59 Å². The molecule has 0 bridgehead atoms. The van der Waals surface area contributed by atoms with E-state index >= 15 is 0 Å². The molecule has 3 rings (SSSR count). The van der Waals surface area contributed by atoms with E-state index in [4.69, 9.17) is 0 Å². The van der Waals surface area contributed by atoms with Crippen LogP contribution in [0.4, 0.5) is 11.4 Å². The molecular weight excluding hydrogens is 288 g/mol. The molecule has 1 heterocycles. The standard InChI is InChI=1S/C19H20N2O2/c1-13-8-9-17(10-14(13)2)21-12-15(11-18(21)22)19(23)20-16-6-4-3-5-7-16/h3-10,15H,11-12H2,1-2H3,(H,20,23)/t15-/m1/s1. The Labute approximate surface area is 136 Å². The molecule has 0 aromatic heterocycles. The lowest BCUT2D eigenvalue weighted by Crippen LogP contribution is -2.28. The number of amides is 2. The normalized spacial score (nSPS) is 17.4. The van der Waals surface area contributed by atoms with E-state index in [1.807, 2.05) is 62.4 Å². The first-order valence-electron chi connectivity index (χ1n) is 7.78. The smallest absolute Gasteiger partial charge is 0.229 e. The Morgan fingerprint density at radius 2 is 1.83 bits per heavy atom. The van der Waals surface area contributed by atoms with Gasteiger partial charge in [0.05, 0.1) is 5.92 Å². The zero-order valence-corrected chi connectivity index (χ0v) is 13.4. The number of carbonyl (C=O) groups is 2. The van der Waals surface area contributed by atoms with Gasteiger partial charge in [-0.15, -0.1) is 0 Å². The topological polar surface area (TPSA) is 49.4 Å². The maximum absolute atomic E-state index is 12.4. The van der Waals surface area contributed by atoms with Crippen LogP contribution in [-0.4, -0.2) is 18.4 Å². The molecule has 1 N–H and O–H groups in total. The van der Waals surface area contributed by atoms with Crippen LogP contribution in [0.3, 0.4) is 0 Å². The van der Waals surface area contributed by atoms with E-state index in [2.05, 4.69) is 5.32 Å². The number of anilines is 2.